The van der Waals surface area contributed by atoms with Crippen molar-refractivity contribution in [3.63, 3.8) is 0 Å². The molecule has 2 nitrogen and oxygen atoms in total. The lowest BCUT2D eigenvalue weighted by Gasteiger charge is -2.37. The van der Waals surface area contributed by atoms with E-state index in [2.05, 4.69) is 15.9 Å². The molecule has 0 saturated carbocycles. The lowest BCUT2D eigenvalue weighted by Crippen LogP contribution is -2.52. The predicted octanol–water partition coefficient (Wildman–Crippen LogP) is 4.19. The molecule has 0 radical (unpaired) electrons. The minimum Gasteiger partial charge on any atom is -0.325 e. The zero-order valence-electron chi connectivity index (χ0n) is 10.8. The molecular weight excluding hydrogens is 321 g/mol. The summed E-state index contributed by atoms with van der Waals surface area (Å²) < 4.78 is 14.4. The van der Waals surface area contributed by atoms with Crippen LogP contribution in [0.25, 0.3) is 0 Å². The Balaban J connectivity index is 3.33. The Bertz CT molecular complexity index is 494. The van der Waals surface area contributed by atoms with Gasteiger partial charge in [-0.3, -0.25) is 4.79 Å². The van der Waals surface area contributed by atoms with Crippen LogP contribution in [0.3, 0.4) is 0 Å². The summed E-state index contributed by atoms with van der Waals surface area (Å²) in [6, 6.07) is 2.97. The van der Waals surface area contributed by atoms with Crippen LogP contribution in [0.4, 0.5) is 4.39 Å². The molecule has 100 valence electrons. The fourth-order valence-electron chi connectivity index (χ4n) is 1.33. The van der Waals surface area contributed by atoms with E-state index in [1.54, 1.807) is 33.8 Å². The summed E-state index contributed by atoms with van der Waals surface area (Å²) in [5.74, 6) is -1.07. The SMILES string of the molecule is CC(C)(N)C(C)(C)C(=O)c1ccc(Br)c(Cl)c1F. The number of hydrogen-bond acceptors (Lipinski definition) is 2. The van der Waals surface area contributed by atoms with Crippen molar-refractivity contribution >= 4 is 33.3 Å². The molecule has 0 saturated heterocycles. The number of carbonyl (C=O) groups excluding carboxylic acids is 1. The number of carbonyl (C=O) groups is 1. The third-order valence-corrected chi connectivity index (χ3v) is 4.72. The first-order valence-corrected chi connectivity index (χ1v) is 6.64. The zero-order valence-corrected chi connectivity index (χ0v) is 13.1. The van der Waals surface area contributed by atoms with Crippen LogP contribution in [0.1, 0.15) is 38.1 Å². The highest BCUT2D eigenvalue weighted by Gasteiger charge is 2.41. The van der Waals surface area contributed by atoms with Crippen LogP contribution in [-0.4, -0.2) is 11.3 Å². The van der Waals surface area contributed by atoms with Crippen molar-refractivity contribution in [2.24, 2.45) is 11.1 Å². The Hall–Kier alpha value is -0.450. The molecule has 1 rings (SSSR count). The van der Waals surface area contributed by atoms with Crippen LogP contribution in [0.5, 0.6) is 0 Å². The van der Waals surface area contributed by atoms with Gasteiger partial charge in [0.25, 0.3) is 0 Å². The number of rotatable bonds is 3. The second-order valence-corrected chi connectivity index (χ2v) is 6.63. The standard InChI is InChI=1S/C13H16BrClFNO/c1-12(2,13(3,4)17)11(18)7-5-6-8(14)9(15)10(7)16/h5-6H,17H2,1-4H3. The zero-order chi connectivity index (χ0) is 14.3. The van der Waals surface area contributed by atoms with E-state index in [0.717, 1.165) is 0 Å². The van der Waals surface area contributed by atoms with E-state index in [9.17, 15) is 9.18 Å². The summed E-state index contributed by atoms with van der Waals surface area (Å²) >= 11 is 8.90. The van der Waals surface area contributed by atoms with Crippen molar-refractivity contribution in [1.29, 1.82) is 0 Å². The van der Waals surface area contributed by atoms with Crippen molar-refractivity contribution in [3.05, 3.63) is 33.0 Å². The maximum Gasteiger partial charge on any atom is 0.173 e. The fourth-order valence-corrected chi connectivity index (χ4v) is 1.80. The molecule has 2 N–H and O–H groups in total. The molecular formula is C13H16BrClFNO. The molecule has 0 spiro atoms. The third kappa shape index (κ3) is 2.60. The summed E-state index contributed by atoms with van der Waals surface area (Å²) in [4.78, 5) is 12.4. The largest absolute Gasteiger partial charge is 0.325 e. The van der Waals surface area contributed by atoms with Gasteiger partial charge >= 0.3 is 0 Å². The van der Waals surface area contributed by atoms with Crippen molar-refractivity contribution in [2.45, 2.75) is 33.2 Å². The number of benzene rings is 1. The molecule has 0 amide bonds. The van der Waals surface area contributed by atoms with Gasteiger partial charge in [-0.25, -0.2) is 4.39 Å². The van der Waals surface area contributed by atoms with E-state index in [-0.39, 0.29) is 16.4 Å². The maximum absolute atomic E-state index is 14.0. The molecule has 18 heavy (non-hydrogen) atoms. The van der Waals surface area contributed by atoms with E-state index in [4.69, 9.17) is 17.3 Å². The lowest BCUT2D eigenvalue weighted by atomic mass is 9.70. The quantitative estimate of drug-likeness (QED) is 0.664. The van der Waals surface area contributed by atoms with Gasteiger partial charge < -0.3 is 5.73 Å². The molecule has 1 aromatic carbocycles. The molecule has 5 heteroatoms. The highest BCUT2D eigenvalue weighted by molar-refractivity contribution is 9.10. The van der Waals surface area contributed by atoms with Crippen LogP contribution in [0.2, 0.25) is 5.02 Å². The van der Waals surface area contributed by atoms with Gasteiger partial charge in [0, 0.05) is 15.4 Å². The summed E-state index contributed by atoms with van der Waals surface area (Å²) in [5.41, 5.74) is 4.28. The van der Waals surface area contributed by atoms with Crippen LogP contribution in [0.15, 0.2) is 16.6 Å². The fraction of sp³-hybridized carbons (Fsp3) is 0.462. The van der Waals surface area contributed by atoms with Crippen molar-refractivity contribution in [3.8, 4) is 0 Å². The van der Waals surface area contributed by atoms with Gasteiger partial charge in [0.2, 0.25) is 0 Å². The van der Waals surface area contributed by atoms with Gasteiger partial charge in [-0.15, -0.1) is 0 Å². The second kappa shape index (κ2) is 4.91. The Kier molecular flexibility index (Phi) is 4.26. The number of ketones is 1. The minimum absolute atomic E-state index is 0.0354. The van der Waals surface area contributed by atoms with Crippen molar-refractivity contribution < 1.29 is 9.18 Å². The Morgan fingerprint density at radius 1 is 1.33 bits per heavy atom. The molecule has 0 aliphatic heterocycles. The molecule has 0 fully saturated rings. The summed E-state index contributed by atoms with van der Waals surface area (Å²) in [6.45, 7) is 6.88. The number of Topliss-reactive ketones (excluding diaryl/α,β-unsaturated/α-hetero) is 1. The number of nitrogens with two attached hydrogens (primary N) is 1. The smallest absolute Gasteiger partial charge is 0.173 e. The number of hydrogen-bond donors (Lipinski definition) is 1. The topological polar surface area (TPSA) is 43.1 Å². The van der Waals surface area contributed by atoms with Gasteiger partial charge in [-0.2, -0.15) is 0 Å². The van der Waals surface area contributed by atoms with Crippen LogP contribution >= 0.6 is 27.5 Å². The Labute approximate surface area is 120 Å². The lowest BCUT2D eigenvalue weighted by molar-refractivity contribution is 0.0730. The average molecular weight is 337 g/mol. The summed E-state index contributed by atoms with van der Waals surface area (Å²) in [5, 5.41) is -0.0912. The van der Waals surface area contributed by atoms with Gasteiger partial charge in [0.1, 0.15) is 0 Å². The van der Waals surface area contributed by atoms with Crippen molar-refractivity contribution in [1.82, 2.24) is 0 Å². The first-order valence-electron chi connectivity index (χ1n) is 5.47. The van der Waals surface area contributed by atoms with E-state index in [1.165, 1.54) is 6.07 Å². The van der Waals surface area contributed by atoms with Crippen molar-refractivity contribution in [2.75, 3.05) is 0 Å². The molecule has 0 heterocycles. The van der Waals surface area contributed by atoms with Crippen LogP contribution in [-0.2, 0) is 0 Å². The molecule has 0 aliphatic rings. The highest BCUT2D eigenvalue weighted by Crippen LogP contribution is 2.35. The van der Waals surface area contributed by atoms with Crippen LogP contribution in [0, 0.1) is 11.2 Å². The highest BCUT2D eigenvalue weighted by atomic mass is 79.9. The summed E-state index contributed by atoms with van der Waals surface area (Å²) in [6.07, 6.45) is 0. The van der Waals surface area contributed by atoms with Crippen LogP contribution < -0.4 is 5.73 Å². The van der Waals surface area contributed by atoms with Gasteiger partial charge in [-0.05, 0) is 41.9 Å². The third-order valence-electron chi connectivity index (χ3n) is 3.46. The summed E-state index contributed by atoms with van der Waals surface area (Å²) in [7, 11) is 0. The molecule has 0 aromatic heterocycles. The predicted molar refractivity (Wildman–Crippen MR) is 75.5 cm³/mol. The normalized spacial score (nSPS) is 12.7. The Morgan fingerprint density at radius 2 is 1.83 bits per heavy atom. The van der Waals surface area contributed by atoms with E-state index in [0.29, 0.717) is 4.47 Å². The van der Waals surface area contributed by atoms with Gasteiger partial charge in [0.05, 0.1) is 10.6 Å². The molecule has 1 aromatic rings. The Morgan fingerprint density at radius 3 is 2.28 bits per heavy atom. The van der Waals surface area contributed by atoms with Gasteiger partial charge in [0.15, 0.2) is 11.6 Å². The molecule has 0 aliphatic carbocycles. The first-order chi connectivity index (χ1) is 8.00. The number of halogens is 3. The monoisotopic (exact) mass is 335 g/mol. The van der Waals surface area contributed by atoms with E-state index in [1.807, 2.05) is 0 Å². The molecule has 0 unspecified atom stereocenters. The maximum atomic E-state index is 14.0. The second-order valence-electron chi connectivity index (χ2n) is 5.40. The first kappa shape index (κ1) is 15.6. The van der Waals surface area contributed by atoms with Gasteiger partial charge in [-0.1, -0.05) is 25.4 Å². The van der Waals surface area contributed by atoms with E-state index >= 15 is 0 Å². The molecule has 0 bridgehead atoms. The van der Waals surface area contributed by atoms with E-state index < -0.39 is 16.8 Å². The molecule has 0 atom stereocenters. The minimum atomic E-state index is -0.898. The average Bonchev–Trinajstić information content (AvgIpc) is 2.24.